The van der Waals surface area contributed by atoms with Gasteiger partial charge in [-0.05, 0) is 43.4 Å². The van der Waals surface area contributed by atoms with Gasteiger partial charge in [0.15, 0.2) is 0 Å². The summed E-state index contributed by atoms with van der Waals surface area (Å²) in [6.45, 7) is 2.98. The van der Waals surface area contributed by atoms with Crippen molar-refractivity contribution in [2.45, 2.75) is 43.9 Å². The molecule has 1 saturated carbocycles. The molecular weight excluding hydrogens is 350 g/mol. The van der Waals surface area contributed by atoms with Crippen LogP contribution in [0.3, 0.4) is 0 Å². The van der Waals surface area contributed by atoms with E-state index in [-0.39, 0.29) is 11.3 Å². The van der Waals surface area contributed by atoms with Crippen LogP contribution in [0.15, 0.2) is 28.7 Å². The Morgan fingerprint density at radius 1 is 1.33 bits per heavy atom. The molecule has 3 nitrogen and oxygen atoms in total. The van der Waals surface area contributed by atoms with Crippen molar-refractivity contribution in [3.8, 4) is 0 Å². The number of rotatable bonds is 5. The fourth-order valence-electron chi connectivity index (χ4n) is 3.35. The lowest BCUT2D eigenvalue weighted by molar-refractivity contribution is 0.275. The molecule has 0 radical (unpaired) electrons. The zero-order chi connectivity index (χ0) is 15.5. The van der Waals surface area contributed by atoms with Crippen LogP contribution >= 0.6 is 15.9 Å². The summed E-state index contributed by atoms with van der Waals surface area (Å²) in [5, 5.41) is 3.38. The Kier molecular flexibility index (Phi) is 5.86. The summed E-state index contributed by atoms with van der Waals surface area (Å²) in [4.78, 5) is 0. The topological polar surface area (TPSA) is 46.2 Å². The third kappa shape index (κ3) is 4.30. The Morgan fingerprint density at radius 2 is 2.05 bits per heavy atom. The smallest absolute Gasteiger partial charge is 0.150 e. The van der Waals surface area contributed by atoms with E-state index in [1.54, 1.807) is 0 Å². The molecule has 118 valence electrons. The van der Waals surface area contributed by atoms with Gasteiger partial charge in [-0.15, -0.1) is 0 Å². The summed E-state index contributed by atoms with van der Waals surface area (Å²) in [6, 6.07) is 8.45. The van der Waals surface area contributed by atoms with Crippen LogP contribution in [-0.4, -0.2) is 26.5 Å². The van der Waals surface area contributed by atoms with Crippen molar-refractivity contribution in [2.24, 2.45) is 5.92 Å². The SMILES string of the molecule is CCNC(c1ccccc1Br)C1CCCC(S(C)(=O)=O)C1. The van der Waals surface area contributed by atoms with E-state index in [2.05, 4.69) is 40.3 Å². The zero-order valence-corrected chi connectivity index (χ0v) is 15.1. The first-order valence-corrected chi connectivity index (χ1v) is 10.3. The van der Waals surface area contributed by atoms with Gasteiger partial charge in [0, 0.05) is 16.8 Å². The molecule has 3 unspecified atom stereocenters. The van der Waals surface area contributed by atoms with E-state index >= 15 is 0 Å². The van der Waals surface area contributed by atoms with Gasteiger partial charge in [-0.3, -0.25) is 0 Å². The largest absolute Gasteiger partial charge is 0.310 e. The van der Waals surface area contributed by atoms with E-state index in [1.807, 2.05) is 12.1 Å². The molecule has 0 spiro atoms. The molecule has 0 aromatic heterocycles. The van der Waals surface area contributed by atoms with Crippen molar-refractivity contribution in [1.82, 2.24) is 5.32 Å². The normalized spacial score (nSPS) is 24.7. The fourth-order valence-corrected chi connectivity index (χ4v) is 5.07. The maximum absolute atomic E-state index is 11.9. The van der Waals surface area contributed by atoms with E-state index in [0.29, 0.717) is 5.92 Å². The summed E-state index contributed by atoms with van der Waals surface area (Å²) < 4.78 is 24.9. The number of halogens is 1. The van der Waals surface area contributed by atoms with E-state index in [1.165, 1.54) is 11.8 Å². The van der Waals surface area contributed by atoms with Gasteiger partial charge in [-0.2, -0.15) is 0 Å². The third-order valence-corrected chi connectivity index (χ3v) is 6.77. The van der Waals surface area contributed by atoms with Crippen molar-refractivity contribution < 1.29 is 8.42 Å². The second kappa shape index (κ2) is 7.25. The lowest BCUT2D eigenvalue weighted by Crippen LogP contribution is -2.35. The van der Waals surface area contributed by atoms with Crippen molar-refractivity contribution in [1.29, 1.82) is 0 Å². The molecule has 21 heavy (non-hydrogen) atoms. The highest BCUT2D eigenvalue weighted by Crippen LogP contribution is 2.38. The molecule has 2 rings (SSSR count). The first-order chi connectivity index (χ1) is 9.93. The van der Waals surface area contributed by atoms with Crippen molar-refractivity contribution in [2.75, 3.05) is 12.8 Å². The Balaban J connectivity index is 2.24. The van der Waals surface area contributed by atoms with Gasteiger partial charge in [0.1, 0.15) is 9.84 Å². The summed E-state index contributed by atoms with van der Waals surface area (Å²) >= 11 is 3.63. The summed E-state index contributed by atoms with van der Waals surface area (Å²) in [6.07, 6.45) is 5.03. The molecule has 1 aromatic carbocycles. The van der Waals surface area contributed by atoms with Crippen molar-refractivity contribution in [3.63, 3.8) is 0 Å². The highest BCUT2D eigenvalue weighted by atomic mass is 79.9. The van der Waals surface area contributed by atoms with Gasteiger partial charge in [-0.1, -0.05) is 47.5 Å². The molecule has 1 aliphatic carbocycles. The molecule has 5 heteroatoms. The predicted molar refractivity (Wildman–Crippen MR) is 91.1 cm³/mol. The Labute approximate surface area is 136 Å². The Bertz CT molecular complexity index is 573. The highest BCUT2D eigenvalue weighted by Gasteiger charge is 2.33. The number of hydrogen-bond donors (Lipinski definition) is 1. The molecule has 0 aliphatic heterocycles. The lowest BCUT2D eigenvalue weighted by atomic mass is 9.81. The molecule has 1 aliphatic rings. The van der Waals surface area contributed by atoms with Crippen LogP contribution in [0.25, 0.3) is 0 Å². The van der Waals surface area contributed by atoms with Crippen molar-refractivity contribution >= 4 is 25.8 Å². The molecule has 1 aromatic rings. The van der Waals surface area contributed by atoms with E-state index in [9.17, 15) is 8.42 Å². The second-order valence-corrected chi connectivity index (χ2v) is 9.12. The summed E-state index contributed by atoms with van der Waals surface area (Å²) in [5.74, 6) is 0.372. The standard InChI is InChI=1S/C16H24BrNO2S/c1-3-18-16(14-9-4-5-10-15(14)17)12-7-6-8-13(11-12)21(2,19)20/h4-5,9-10,12-13,16,18H,3,6-8,11H2,1-2H3. The number of nitrogens with one attached hydrogen (secondary N) is 1. The highest BCUT2D eigenvalue weighted by molar-refractivity contribution is 9.10. The van der Waals surface area contributed by atoms with E-state index in [0.717, 1.165) is 36.7 Å². The first kappa shape index (κ1) is 17.0. The van der Waals surface area contributed by atoms with Crippen LogP contribution in [0, 0.1) is 5.92 Å². The minimum atomic E-state index is -2.94. The van der Waals surface area contributed by atoms with Gasteiger partial charge >= 0.3 is 0 Å². The molecular formula is C16H24BrNO2S. The maximum Gasteiger partial charge on any atom is 0.150 e. The van der Waals surface area contributed by atoms with E-state index < -0.39 is 9.84 Å². The molecule has 0 amide bonds. The predicted octanol–water partition coefficient (Wildman–Crippen LogP) is 3.70. The first-order valence-electron chi connectivity index (χ1n) is 7.60. The minimum absolute atomic E-state index is 0.181. The molecule has 1 N–H and O–H groups in total. The second-order valence-electron chi connectivity index (χ2n) is 5.94. The molecule has 1 fully saturated rings. The molecule has 3 atom stereocenters. The quantitative estimate of drug-likeness (QED) is 0.855. The minimum Gasteiger partial charge on any atom is -0.310 e. The van der Waals surface area contributed by atoms with Gasteiger partial charge in [0.05, 0.1) is 5.25 Å². The van der Waals surface area contributed by atoms with E-state index in [4.69, 9.17) is 0 Å². The monoisotopic (exact) mass is 373 g/mol. The number of hydrogen-bond acceptors (Lipinski definition) is 3. The van der Waals surface area contributed by atoms with Crippen LogP contribution < -0.4 is 5.32 Å². The van der Waals surface area contributed by atoms with Gasteiger partial charge < -0.3 is 5.32 Å². The zero-order valence-electron chi connectivity index (χ0n) is 12.7. The van der Waals surface area contributed by atoms with Crippen molar-refractivity contribution in [3.05, 3.63) is 34.3 Å². The average Bonchev–Trinajstić information content (AvgIpc) is 2.45. The fraction of sp³-hybridized carbons (Fsp3) is 0.625. The summed E-state index contributed by atoms with van der Waals surface area (Å²) in [5.41, 5.74) is 1.23. The molecule has 0 heterocycles. The van der Waals surface area contributed by atoms with Gasteiger partial charge in [0.2, 0.25) is 0 Å². The number of benzene rings is 1. The lowest BCUT2D eigenvalue weighted by Gasteiger charge is -2.35. The third-order valence-electron chi connectivity index (χ3n) is 4.41. The Hall–Kier alpha value is -0.390. The van der Waals surface area contributed by atoms with Gasteiger partial charge in [0.25, 0.3) is 0 Å². The van der Waals surface area contributed by atoms with Crippen LogP contribution in [0.4, 0.5) is 0 Å². The Morgan fingerprint density at radius 3 is 2.67 bits per heavy atom. The van der Waals surface area contributed by atoms with Crippen LogP contribution in [0.1, 0.15) is 44.2 Å². The van der Waals surface area contributed by atoms with Crippen LogP contribution in [-0.2, 0) is 9.84 Å². The van der Waals surface area contributed by atoms with Crippen LogP contribution in [0.5, 0.6) is 0 Å². The van der Waals surface area contributed by atoms with Gasteiger partial charge in [-0.25, -0.2) is 8.42 Å². The molecule has 0 saturated heterocycles. The van der Waals surface area contributed by atoms with Crippen LogP contribution in [0.2, 0.25) is 0 Å². The number of sulfone groups is 1. The molecule has 0 bridgehead atoms. The summed E-state index contributed by atoms with van der Waals surface area (Å²) in [7, 11) is -2.94. The maximum atomic E-state index is 11.9. The average molecular weight is 374 g/mol.